The van der Waals surface area contributed by atoms with Crippen LogP contribution in [0.25, 0.3) is 0 Å². The second-order valence-corrected chi connectivity index (χ2v) is 4.53. The molecule has 106 valence electrons. The summed E-state index contributed by atoms with van der Waals surface area (Å²) in [5.41, 5.74) is 0.958. The third-order valence-corrected chi connectivity index (χ3v) is 2.69. The summed E-state index contributed by atoms with van der Waals surface area (Å²) in [6, 6.07) is 5.61. The Morgan fingerprint density at radius 1 is 1.20 bits per heavy atom. The molecule has 0 radical (unpaired) electrons. The molecule has 2 aromatic heterocycles. The first kappa shape index (κ1) is 14.2. The standard InChI is InChI=1S/C15H20N4O/c1-4-6-13-18-14(16-5-2)9-15(19-13)20-12-8-7-11(3)17-10-12/h7-10H,4-6H2,1-3H3,(H,16,18,19). The minimum absolute atomic E-state index is 0.546. The van der Waals surface area contributed by atoms with Crippen molar-refractivity contribution in [2.75, 3.05) is 11.9 Å². The first-order chi connectivity index (χ1) is 9.71. The predicted molar refractivity (Wildman–Crippen MR) is 79.2 cm³/mol. The largest absolute Gasteiger partial charge is 0.437 e. The predicted octanol–water partition coefficient (Wildman–Crippen LogP) is 3.36. The fourth-order valence-electron chi connectivity index (χ4n) is 1.77. The maximum atomic E-state index is 5.75. The molecule has 0 aliphatic heterocycles. The maximum absolute atomic E-state index is 5.75. The molecule has 0 spiro atoms. The fourth-order valence-corrected chi connectivity index (χ4v) is 1.77. The SMILES string of the molecule is CCCc1nc(NCC)cc(Oc2ccc(C)nc2)n1. The number of pyridine rings is 1. The van der Waals surface area contributed by atoms with E-state index >= 15 is 0 Å². The highest BCUT2D eigenvalue weighted by atomic mass is 16.5. The summed E-state index contributed by atoms with van der Waals surface area (Å²) in [5, 5.41) is 3.19. The van der Waals surface area contributed by atoms with Crippen LogP contribution in [0.4, 0.5) is 5.82 Å². The number of ether oxygens (including phenoxy) is 1. The Bertz CT molecular complexity index is 530. The van der Waals surface area contributed by atoms with Gasteiger partial charge in [0.15, 0.2) is 0 Å². The molecule has 0 aliphatic carbocycles. The van der Waals surface area contributed by atoms with E-state index in [0.29, 0.717) is 11.6 Å². The number of anilines is 1. The maximum Gasteiger partial charge on any atom is 0.224 e. The molecule has 5 heteroatoms. The van der Waals surface area contributed by atoms with Gasteiger partial charge in [0.1, 0.15) is 17.4 Å². The van der Waals surface area contributed by atoms with Crippen molar-refractivity contribution in [3.63, 3.8) is 0 Å². The lowest BCUT2D eigenvalue weighted by molar-refractivity contribution is 0.456. The molecule has 0 atom stereocenters. The molecule has 2 heterocycles. The van der Waals surface area contributed by atoms with Gasteiger partial charge in [-0.1, -0.05) is 6.92 Å². The first-order valence-electron chi connectivity index (χ1n) is 6.93. The number of hydrogen-bond acceptors (Lipinski definition) is 5. The van der Waals surface area contributed by atoms with E-state index in [0.717, 1.165) is 36.7 Å². The average molecular weight is 272 g/mol. The quantitative estimate of drug-likeness (QED) is 0.873. The van der Waals surface area contributed by atoms with Crippen molar-refractivity contribution < 1.29 is 4.74 Å². The molecule has 1 N–H and O–H groups in total. The van der Waals surface area contributed by atoms with Gasteiger partial charge in [-0.3, -0.25) is 4.98 Å². The van der Waals surface area contributed by atoms with E-state index in [2.05, 4.69) is 27.2 Å². The highest BCUT2D eigenvalue weighted by Gasteiger charge is 2.06. The molecular formula is C15H20N4O. The van der Waals surface area contributed by atoms with Gasteiger partial charge in [-0.15, -0.1) is 0 Å². The lowest BCUT2D eigenvalue weighted by Gasteiger charge is -2.09. The smallest absolute Gasteiger partial charge is 0.224 e. The van der Waals surface area contributed by atoms with E-state index < -0.39 is 0 Å². The van der Waals surface area contributed by atoms with Crippen LogP contribution >= 0.6 is 0 Å². The van der Waals surface area contributed by atoms with E-state index in [4.69, 9.17) is 4.74 Å². The van der Waals surface area contributed by atoms with Crippen molar-refractivity contribution in [3.8, 4) is 11.6 Å². The molecule has 0 bridgehead atoms. The van der Waals surface area contributed by atoms with E-state index in [9.17, 15) is 0 Å². The highest BCUT2D eigenvalue weighted by Crippen LogP contribution is 2.21. The molecule has 0 aromatic carbocycles. The molecule has 0 saturated heterocycles. The van der Waals surface area contributed by atoms with Crippen LogP contribution in [-0.4, -0.2) is 21.5 Å². The van der Waals surface area contributed by atoms with Gasteiger partial charge in [0.2, 0.25) is 5.88 Å². The second kappa shape index (κ2) is 6.84. The van der Waals surface area contributed by atoms with E-state index in [1.54, 1.807) is 6.20 Å². The van der Waals surface area contributed by atoms with Crippen LogP contribution in [0.15, 0.2) is 24.4 Å². The van der Waals surface area contributed by atoms with Crippen LogP contribution in [0.1, 0.15) is 31.8 Å². The number of aryl methyl sites for hydroxylation is 2. The summed E-state index contributed by atoms with van der Waals surface area (Å²) in [7, 11) is 0. The lowest BCUT2D eigenvalue weighted by Crippen LogP contribution is -2.04. The third-order valence-electron chi connectivity index (χ3n) is 2.69. The average Bonchev–Trinajstić information content (AvgIpc) is 2.42. The third kappa shape index (κ3) is 3.91. The summed E-state index contributed by atoms with van der Waals surface area (Å²) in [6.07, 6.45) is 3.53. The van der Waals surface area contributed by atoms with Crippen LogP contribution in [-0.2, 0) is 6.42 Å². The molecule has 0 aliphatic rings. The number of nitrogens with one attached hydrogen (secondary N) is 1. The molecule has 0 fully saturated rings. The first-order valence-corrected chi connectivity index (χ1v) is 6.93. The van der Waals surface area contributed by atoms with Crippen molar-refractivity contribution >= 4 is 5.82 Å². The Balaban J connectivity index is 2.22. The Morgan fingerprint density at radius 2 is 2.05 bits per heavy atom. The zero-order valence-corrected chi connectivity index (χ0v) is 12.2. The van der Waals surface area contributed by atoms with E-state index in [-0.39, 0.29) is 0 Å². The molecular weight excluding hydrogens is 252 g/mol. The number of hydrogen-bond donors (Lipinski definition) is 1. The number of rotatable bonds is 6. The van der Waals surface area contributed by atoms with Crippen molar-refractivity contribution in [3.05, 3.63) is 35.9 Å². The van der Waals surface area contributed by atoms with Crippen LogP contribution in [0.5, 0.6) is 11.6 Å². The summed E-state index contributed by atoms with van der Waals surface area (Å²) in [6.45, 7) is 6.89. The van der Waals surface area contributed by atoms with Gasteiger partial charge >= 0.3 is 0 Å². The molecule has 2 rings (SSSR count). The normalized spacial score (nSPS) is 10.3. The van der Waals surface area contributed by atoms with E-state index in [1.807, 2.05) is 32.0 Å². The lowest BCUT2D eigenvalue weighted by atomic mass is 10.3. The van der Waals surface area contributed by atoms with Gasteiger partial charge < -0.3 is 10.1 Å². The number of nitrogens with zero attached hydrogens (tertiary/aromatic N) is 3. The molecule has 2 aromatic rings. The van der Waals surface area contributed by atoms with Gasteiger partial charge in [-0.2, -0.15) is 4.98 Å². The highest BCUT2D eigenvalue weighted by molar-refractivity contribution is 5.39. The molecule has 20 heavy (non-hydrogen) atoms. The van der Waals surface area contributed by atoms with Crippen LogP contribution in [0.2, 0.25) is 0 Å². The van der Waals surface area contributed by atoms with Crippen molar-refractivity contribution in [2.45, 2.75) is 33.6 Å². The zero-order chi connectivity index (χ0) is 14.4. The van der Waals surface area contributed by atoms with Crippen LogP contribution in [0, 0.1) is 6.92 Å². The minimum Gasteiger partial charge on any atom is -0.437 e. The molecule has 0 unspecified atom stereocenters. The van der Waals surface area contributed by atoms with Gasteiger partial charge in [0.05, 0.1) is 6.20 Å². The zero-order valence-electron chi connectivity index (χ0n) is 12.2. The van der Waals surface area contributed by atoms with Gasteiger partial charge in [0.25, 0.3) is 0 Å². The van der Waals surface area contributed by atoms with Gasteiger partial charge in [0, 0.05) is 24.7 Å². The van der Waals surface area contributed by atoms with Gasteiger partial charge in [-0.05, 0) is 32.4 Å². The summed E-state index contributed by atoms with van der Waals surface area (Å²) < 4.78 is 5.75. The topological polar surface area (TPSA) is 59.9 Å². The summed E-state index contributed by atoms with van der Waals surface area (Å²) in [4.78, 5) is 13.1. The van der Waals surface area contributed by atoms with E-state index in [1.165, 1.54) is 0 Å². The van der Waals surface area contributed by atoms with Crippen molar-refractivity contribution in [1.29, 1.82) is 0 Å². The molecule has 0 amide bonds. The fraction of sp³-hybridized carbons (Fsp3) is 0.400. The number of aromatic nitrogens is 3. The summed E-state index contributed by atoms with van der Waals surface area (Å²) >= 11 is 0. The Morgan fingerprint density at radius 3 is 2.70 bits per heavy atom. The molecule has 0 saturated carbocycles. The Hall–Kier alpha value is -2.17. The van der Waals surface area contributed by atoms with Gasteiger partial charge in [-0.25, -0.2) is 4.98 Å². The monoisotopic (exact) mass is 272 g/mol. The van der Waals surface area contributed by atoms with Crippen LogP contribution < -0.4 is 10.1 Å². The molecule has 5 nitrogen and oxygen atoms in total. The minimum atomic E-state index is 0.546. The van der Waals surface area contributed by atoms with Crippen LogP contribution in [0.3, 0.4) is 0 Å². The second-order valence-electron chi connectivity index (χ2n) is 4.53. The summed E-state index contributed by atoms with van der Waals surface area (Å²) in [5.74, 6) is 2.81. The Kier molecular flexibility index (Phi) is 4.87. The Labute approximate surface area is 119 Å². The van der Waals surface area contributed by atoms with Crippen molar-refractivity contribution in [1.82, 2.24) is 15.0 Å². The van der Waals surface area contributed by atoms with Crippen molar-refractivity contribution in [2.24, 2.45) is 0 Å².